The Kier molecular flexibility index (Phi) is 4.27. The quantitative estimate of drug-likeness (QED) is 0.499. The minimum atomic E-state index is -0.112. The van der Waals surface area contributed by atoms with E-state index in [0.717, 1.165) is 17.0 Å². The maximum Gasteiger partial charge on any atom is 0.256 e. The van der Waals surface area contributed by atoms with Gasteiger partial charge in [-0.05, 0) is 19.4 Å². The Morgan fingerprint density at radius 2 is 2.05 bits per heavy atom. The molecule has 0 bridgehead atoms. The number of thioether (sulfide) groups is 1. The normalized spacial score (nSPS) is 12.3. The number of nitrogens with zero attached hydrogens (tertiary/aromatic N) is 1. The third-order valence-electron chi connectivity index (χ3n) is 2.96. The van der Waals surface area contributed by atoms with Crippen LogP contribution in [0.5, 0.6) is 0 Å². The summed E-state index contributed by atoms with van der Waals surface area (Å²) in [6, 6.07) is 9.83. The first-order valence-corrected chi connectivity index (χ1v) is 7.02. The molecule has 5 heteroatoms. The summed E-state index contributed by atoms with van der Waals surface area (Å²) in [6.07, 6.45) is 0. The Balaban J connectivity index is 2.08. The van der Waals surface area contributed by atoms with E-state index in [1.807, 2.05) is 44.2 Å². The standard InChI is InChI=1S/C14H17N3OS/c1-9-10(2)18-14(17-9)19-8-12(13(15)16)11-6-4-3-5-7-11/h3-7,12H,8H2,1-2H3,(H3,15,16). The van der Waals surface area contributed by atoms with Gasteiger partial charge in [0.25, 0.3) is 5.22 Å². The van der Waals surface area contributed by atoms with Gasteiger partial charge in [-0.3, -0.25) is 5.41 Å². The summed E-state index contributed by atoms with van der Waals surface area (Å²) in [5.74, 6) is 1.54. The molecule has 0 aliphatic rings. The summed E-state index contributed by atoms with van der Waals surface area (Å²) < 4.78 is 5.52. The largest absolute Gasteiger partial charge is 0.437 e. The minimum Gasteiger partial charge on any atom is -0.437 e. The highest BCUT2D eigenvalue weighted by molar-refractivity contribution is 7.99. The van der Waals surface area contributed by atoms with Gasteiger partial charge >= 0.3 is 0 Å². The third kappa shape index (κ3) is 3.38. The van der Waals surface area contributed by atoms with Crippen LogP contribution in [0.2, 0.25) is 0 Å². The van der Waals surface area contributed by atoms with Gasteiger partial charge in [0.05, 0.1) is 17.4 Å². The Hall–Kier alpha value is -1.75. The maximum atomic E-state index is 7.72. The number of oxazole rings is 1. The Morgan fingerprint density at radius 1 is 1.37 bits per heavy atom. The van der Waals surface area contributed by atoms with Gasteiger partial charge < -0.3 is 10.2 Å². The summed E-state index contributed by atoms with van der Waals surface area (Å²) in [7, 11) is 0. The number of aromatic nitrogens is 1. The van der Waals surface area contributed by atoms with E-state index < -0.39 is 0 Å². The van der Waals surface area contributed by atoms with Gasteiger partial charge in [-0.15, -0.1) is 0 Å². The van der Waals surface area contributed by atoms with E-state index >= 15 is 0 Å². The van der Waals surface area contributed by atoms with Crippen LogP contribution in [-0.2, 0) is 0 Å². The summed E-state index contributed by atoms with van der Waals surface area (Å²) in [6.45, 7) is 3.81. The van der Waals surface area contributed by atoms with Crippen molar-refractivity contribution in [1.82, 2.24) is 4.98 Å². The molecule has 2 rings (SSSR count). The fourth-order valence-corrected chi connectivity index (χ4v) is 2.78. The summed E-state index contributed by atoms with van der Waals surface area (Å²) in [5, 5.41) is 8.35. The molecule has 100 valence electrons. The van der Waals surface area contributed by atoms with Crippen molar-refractivity contribution in [3.8, 4) is 0 Å². The van der Waals surface area contributed by atoms with Crippen LogP contribution in [0.4, 0.5) is 0 Å². The highest BCUT2D eigenvalue weighted by atomic mass is 32.2. The molecule has 19 heavy (non-hydrogen) atoms. The number of hydrogen-bond acceptors (Lipinski definition) is 4. The van der Waals surface area contributed by atoms with Gasteiger partial charge in [0.1, 0.15) is 5.76 Å². The average molecular weight is 275 g/mol. The fourth-order valence-electron chi connectivity index (χ4n) is 1.71. The van der Waals surface area contributed by atoms with Gasteiger partial charge in [0.15, 0.2) is 0 Å². The van der Waals surface area contributed by atoms with E-state index in [9.17, 15) is 0 Å². The Labute approximate surface area is 116 Å². The second-order valence-corrected chi connectivity index (χ2v) is 5.32. The number of nitrogens with one attached hydrogen (secondary N) is 1. The van der Waals surface area contributed by atoms with Crippen LogP contribution in [0.3, 0.4) is 0 Å². The van der Waals surface area contributed by atoms with Crippen LogP contribution in [0.15, 0.2) is 40.0 Å². The summed E-state index contributed by atoms with van der Waals surface area (Å²) in [4.78, 5) is 4.32. The molecule has 0 fully saturated rings. The fraction of sp³-hybridized carbons (Fsp3) is 0.286. The zero-order valence-corrected chi connectivity index (χ0v) is 11.8. The molecule has 0 saturated heterocycles. The van der Waals surface area contributed by atoms with Crippen LogP contribution in [0.1, 0.15) is 22.9 Å². The second-order valence-electron chi connectivity index (χ2n) is 4.35. The van der Waals surface area contributed by atoms with Gasteiger partial charge in [-0.1, -0.05) is 42.1 Å². The molecular formula is C14H17N3OS. The van der Waals surface area contributed by atoms with E-state index in [1.165, 1.54) is 11.8 Å². The zero-order valence-electron chi connectivity index (χ0n) is 11.0. The molecule has 1 atom stereocenters. The molecule has 0 spiro atoms. The lowest BCUT2D eigenvalue weighted by molar-refractivity contribution is 0.431. The molecular weight excluding hydrogens is 258 g/mol. The zero-order chi connectivity index (χ0) is 13.8. The number of nitrogens with two attached hydrogens (primary N) is 1. The average Bonchev–Trinajstić information content (AvgIpc) is 2.70. The van der Waals surface area contributed by atoms with Crippen LogP contribution < -0.4 is 5.73 Å². The van der Waals surface area contributed by atoms with Crippen molar-refractivity contribution in [3.05, 3.63) is 47.3 Å². The predicted octanol–water partition coefficient (Wildman–Crippen LogP) is 3.10. The van der Waals surface area contributed by atoms with Gasteiger partial charge in [0.2, 0.25) is 0 Å². The van der Waals surface area contributed by atoms with Crippen molar-refractivity contribution in [2.24, 2.45) is 5.73 Å². The molecule has 0 radical (unpaired) electrons. The maximum absolute atomic E-state index is 7.72. The monoisotopic (exact) mass is 275 g/mol. The first-order valence-electron chi connectivity index (χ1n) is 6.03. The molecule has 4 nitrogen and oxygen atoms in total. The highest BCUT2D eigenvalue weighted by Crippen LogP contribution is 2.27. The molecule has 1 heterocycles. The molecule has 3 N–H and O–H groups in total. The van der Waals surface area contributed by atoms with E-state index in [2.05, 4.69) is 4.98 Å². The molecule has 2 aromatic rings. The summed E-state index contributed by atoms with van der Waals surface area (Å²) in [5.41, 5.74) is 7.64. The number of aryl methyl sites for hydroxylation is 2. The van der Waals surface area contributed by atoms with Gasteiger partial charge in [0, 0.05) is 5.75 Å². The predicted molar refractivity (Wildman–Crippen MR) is 77.8 cm³/mol. The van der Waals surface area contributed by atoms with Crippen LogP contribution in [-0.4, -0.2) is 16.6 Å². The van der Waals surface area contributed by atoms with Crippen LogP contribution in [0, 0.1) is 19.3 Å². The van der Waals surface area contributed by atoms with E-state index in [0.29, 0.717) is 11.0 Å². The van der Waals surface area contributed by atoms with E-state index in [4.69, 9.17) is 15.6 Å². The number of benzene rings is 1. The van der Waals surface area contributed by atoms with Crippen molar-refractivity contribution in [2.45, 2.75) is 25.0 Å². The van der Waals surface area contributed by atoms with Crippen molar-refractivity contribution in [1.29, 1.82) is 5.41 Å². The van der Waals surface area contributed by atoms with Crippen molar-refractivity contribution >= 4 is 17.6 Å². The topological polar surface area (TPSA) is 75.9 Å². The molecule has 0 saturated carbocycles. The van der Waals surface area contributed by atoms with Gasteiger partial charge in [-0.25, -0.2) is 4.98 Å². The lowest BCUT2D eigenvalue weighted by Crippen LogP contribution is -2.22. The van der Waals surface area contributed by atoms with Crippen molar-refractivity contribution < 1.29 is 4.42 Å². The Morgan fingerprint density at radius 3 is 2.58 bits per heavy atom. The first kappa shape index (κ1) is 13.7. The number of amidine groups is 1. The molecule has 0 aliphatic carbocycles. The van der Waals surface area contributed by atoms with Crippen LogP contribution in [0.25, 0.3) is 0 Å². The smallest absolute Gasteiger partial charge is 0.256 e. The van der Waals surface area contributed by atoms with Crippen molar-refractivity contribution in [2.75, 3.05) is 5.75 Å². The Bertz CT molecular complexity index is 546. The minimum absolute atomic E-state index is 0.112. The van der Waals surface area contributed by atoms with Crippen molar-refractivity contribution in [3.63, 3.8) is 0 Å². The van der Waals surface area contributed by atoms with Gasteiger partial charge in [-0.2, -0.15) is 0 Å². The first-order chi connectivity index (χ1) is 9.08. The molecule has 1 aromatic heterocycles. The summed E-state index contributed by atoms with van der Waals surface area (Å²) >= 11 is 1.49. The third-order valence-corrected chi connectivity index (χ3v) is 3.88. The number of hydrogen-bond donors (Lipinski definition) is 2. The molecule has 0 aliphatic heterocycles. The van der Waals surface area contributed by atoms with Crippen LogP contribution >= 0.6 is 11.8 Å². The van der Waals surface area contributed by atoms with E-state index in [1.54, 1.807) is 0 Å². The molecule has 0 amide bonds. The highest BCUT2D eigenvalue weighted by Gasteiger charge is 2.17. The van der Waals surface area contributed by atoms with E-state index in [-0.39, 0.29) is 11.8 Å². The molecule has 1 aromatic carbocycles. The lowest BCUT2D eigenvalue weighted by atomic mass is 10.0. The number of rotatable bonds is 5. The molecule has 1 unspecified atom stereocenters. The SMILES string of the molecule is Cc1nc(SCC(C(=N)N)c2ccccc2)oc1C. The second kappa shape index (κ2) is 5.93. The lowest BCUT2D eigenvalue weighted by Gasteiger charge is -2.14.